The molecule has 2 aromatic rings. The van der Waals surface area contributed by atoms with E-state index in [0.717, 1.165) is 37.5 Å². The fraction of sp³-hybridized carbons (Fsp3) is 0.438. The first-order valence-electron chi connectivity index (χ1n) is 7.24. The van der Waals surface area contributed by atoms with E-state index in [4.69, 9.17) is 9.47 Å². The molecule has 4 heteroatoms. The quantitative estimate of drug-likeness (QED) is 0.838. The Hall–Kier alpha value is -1.97. The molecule has 1 aliphatic rings. The van der Waals surface area contributed by atoms with Crippen molar-refractivity contribution in [2.75, 3.05) is 13.2 Å². The number of aryl methyl sites for hydroxylation is 1. The minimum Gasteiger partial charge on any atom is -0.493 e. The Kier molecular flexibility index (Phi) is 3.90. The van der Waals surface area contributed by atoms with Crippen molar-refractivity contribution < 1.29 is 9.47 Å². The summed E-state index contributed by atoms with van der Waals surface area (Å²) in [4.78, 5) is 0. The summed E-state index contributed by atoms with van der Waals surface area (Å²) in [5.74, 6) is 2.24. The molecule has 1 aromatic heterocycles. The second-order valence-corrected chi connectivity index (χ2v) is 5.12. The summed E-state index contributed by atoms with van der Waals surface area (Å²) in [5, 5.41) is 4.28. The van der Waals surface area contributed by atoms with Gasteiger partial charge in [-0.05, 0) is 18.9 Å². The zero-order chi connectivity index (χ0) is 13.8. The van der Waals surface area contributed by atoms with Crippen molar-refractivity contribution in [2.24, 2.45) is 0 Å². The van der Waals surface area contributed by atoms with Gasteiger partial charge in [0.15, 0.2) is 5.75 Å². The summed E-state index contributed by atoms with van der Waals surface area (Å²) >= 11 is 0. The van der Waals surface area contributed by atoms with E-state index in [2.05, 4.69) is 24.2 Å². The van der Waals surface area contributed by atoms with Crippen LogP contribution >= 0.6 is 0 Å². The Labute approximate surface area is 119 Å². The molecular formula is C16H20N2O2. The van der Waals surface area contributed by atoms with E-state index in [-0.39, 0.29) is 0 Å². The SMILES string of the molecule is CCCn1cc(OCC2CCOc3ccccc32)cn1. The molecule has 0 spiro atoms. The maximum Gasteiger partial charge on any atom is 0.157 e. The highest BCUT2D eigenvalue weighted by atomic mass is 16.5. The van der Waals surface area contributed by atoms with Crippen LogP contribution in [0.5, 0.6) is 11.5 Å². The standard InChI is InChI=1S/C16H20N2O2/c1-2-8-18-11-14(10-17-18)20-12-13-7-9-19-16-6-4-3-5-15(13)16/h3-6,10-11,13H,2,7-9,12H2,1H3. The van der Waals surface area contributed by atoms with E-state index >= 15 is 0 Å². The van der Waals surface area contributed by atoms with Gasteiger partial charge in [0.1, 0.15) is 5.75 Å². The van der Waals surface area contributed by atoms with Gasteiger partial charge < -0.3 is 9.47 Å². The lowest BCUT2D eigenvalue weighted by Gasteiger charge is -2.25. The Morgan fingerprint density at radius 2 is 2.30 bits per heavy atom. The number of aromatic nitrogens is 2. The van der Waals surface area contributed by atoms with Gasteiger partial charge >= 0.3 is 0 Å². The zero-order valence-corrected chi connectivity index (χ0v) is 11.8. The average molecular weight is 272 g/mol. The molecule has 20 heavy (non-hydrogen) atoms. The summed E-state index contributed by atoms with van der Waals surface area (Å²) in [6.45, 7) is 4.52. The van der Waals surface area contributed by atoms with Crippen LogP contribution in [0, 0.1) is 0 Å². The van der Waals surface area contributed by atoms with E-state index in [1.807, 2.05) is 23.0 Å². The molecular weight excluding hydrogens is 252 g/mol. The normalized spacial score (nSPS) is 17.4. The van der Waals surface area contributed by atoms with Crippen LogP contribution in [0.3, 0.4) is 0 Å². The molecule has 0 saturated carbocycles. The largest absolute Gasteiger partial charge is 0.493 e. The Balaban J connectivity index is 1.64. The molecule has 1 aliphatic heterocycles. The van der Waals surface area contributed by atoms with Gasteiger partial charge in [0.2, 0.25) is 0 Å². The summed E-state index contributed by atoms with van der Waals surface area (Å²) in [6.07, 6.45) is 5.84. The van der Waals surface area contributed by atoms with Gasteiger partial charge in [-0.25, -0.2) is 0 Å². The van der Waals surface area contributed by atoms with E-state index in [0.29, 0.717) is 12.5 Å². The van der Waals surface area contributed by atoms with Gasteiger partial charge in [-0.2, -0.15) is 5.10 Å². The van der Waals surface area contributed by atoms with Crippen molar-refractivity contribution in [3.63, 3.8) is 0 Å². The Morgan fingerprint density at radius 3 is 3.20 bits per heavy atom. The number of ether oxygens (including phenoxy) is 2. The molecule has 1 atom stereocenters. The molecule has 3 rings (SSSR count). The number of hydrogen-bond acceptors (Lipinski definition) is 3. The third-order valence-corrected chi connectivity index (χ3v) is 3.60. The second-order valence-electron chi connectivity index (χ2n) is 5.12. The maximum absolute atomic E-state index is 5.89. The van der Waals surface area contributed by atoms with E-state index in [1.54, 1.807) is 6.20 Å². The smallest absolute Gasteiger partial charge is 0.157 e. The first-order chi connectivity index (χ1) is 9.86. The molecule has 0 fully saturated rings. The van der Waals surface area contributed by atoms with E-state index < -0.39 is 0 Å². The number of benzene rings is 1. The first-order valence-corrected chi connectivity index (χ1v) is 7.24. The van der Waals surface area contributed by atoms with Gasteiger partial charge in [0, 0.05) is 18.0 Å². The lowest BCUT2D eigenvalue weighted by atomic mass is 9.94. The maximum atomic E-state index is 5.89. The van der Waals surface area contributed by atoms with Gasteiger partial charge in [-0.1, -0.05) is 25.1 Å². The van der Waals surface area contributed by atoms with Crippen molar-refractivity contribution in [1.29, 1.82) is 0 Å². The number of rotatable bonds is 5. The van der Waals surface area contributed by atoms with Gasteiger partial charge in [-0.3, -0.25) is 4.68 Å². The van der Waals surface area contributed by atoms with E-state index in [9.17, 15) is 0 Å². The molecule has 0 N–H and O–H groups in total. The van der Waals surface area contributed by atoms with Gasteiger partial charge in [-0.15, -0.1) is 0 Å². The monoisotopic (exact) mass is 272 g/mol. The van der Waals surface area contributed by atoms with Crippen LogP contribution in [0.15, 0.2) is 36.7 Å². The number of para-hydroxylation sites is 1. The zero-order valence-electron chi connectivity index (χ0n) is 11.8. The first kappa shape index (κ1) is 13.0. The van der Waals surface area contributed by atoms with Crippen LogP contribution in [0.4, 0.5) is 0 Å². The summed E-state index contributed by atoms with van der Waals surface area (Å²) in [5.41, 5.74) is 1.25. The van der Waals surface area contributed by atoms with Crippen molar-refractivity contribution in [2.45, 2.75) is 32.2 Å². The van der Waals surface area contributed by atoms with Crippen molar-refractivity contribution >= 4 is 0 Å². The number of nitrogens with zero attached hydrogens (tertiary/aromatic N) is 2. The lowest BCUT2D eigenvalue weighted by molar-refractivity contribution is 0.217. The summed E-state index contributed by atoms with van der Waals surface area (Å²) in [7, 11) is 0. The minimum absolute atomic E-state index is 0.398. The predicted molar refractivity (Wildman–Crippen MR) is 77.3 cm³/mol. The molecule has 2 heterocycles. The van der Waals surface area contributed by atoms with Crippen LogP contribution < -0.4 is 9.47 Å². The molecule has 1 unspecified atom stereocenters. The summed E-state index contributed by atoms with van der Waals surface area (Å²) in [6, 6.07) is 8.22. The molecule has 0 amide bonds. The van der Waals surface area contributed by atoms with Gasteiger partial charge in [0.05, 0.1) is 25.6 Å². The fourth-order valence-corrected chi connectivity index (χ4v) is 2.56. The third-order valence-electron chi connectivity index (χ3n) is 3.60. The molecule has 1 aromatic carbocycles. The molecule has 0 aliphatic carbocycles. The van der Waals surface area contributed by atoms with Crippen LogP contribution in [-0.2, 0) is 6.54 Å². The number of hydrogen-bond donors (Lipinski definition) is 0. The van der Waals surface area contributed by atoms with E-state index in [1.165, 1.54) is 5.56 Å². The van der Waals surface area contributed by atoms with Crippen molar-refractivity contribution in [3.8, 4) is 11.5 Å². The molecule has 0 bridgehead atoms. The van der Waals surface area contributed by atoms with Crippen molar-refractivity contribution in [1.82, 2.24) is 9.78 Å². The predicted octanol–water partition coefficient (Wildman–Crippen LogP) is 3.24. The number of fused-ring (bicyclic) bond motifs is 1. The average Bonchev–Trinajstić information content (AvgIpc) is 2.93. The van der Waals surface area contributed by atoms with Crippen LogP contribution in [0.1, 0.15) is 31.2 Å². The highest BCUT2D eigenvalue weighted by Gasteiger charge is 2.21. The Morgan fingerprint density at radius 1 is 1.40 bits per heavy atom. The molecule has 0 radical (unpaired) electrons. The topological polar surface area (TPSA) is 36.3 Å². The lowest BCUT2D eigenvalue weighted by Crippen LogP contribution is -2.19. The highest BCUT2D eigenvalue weighted by Crippen LogP contribution is 2.33. The van der Waals surface area contributed by atoms with Crippen LogP contribution in [-0.4, -0.2) is 23.0 Å². The van der Waals surface area contributed by atoms with Gasteiger partial charge in [0.25, 0.3) is 0 Å². The fourth-order valence-electron chi connectivity index (χ4n) is 2.56. The third kappa shape index (κ3) is 2.79. The Bertz CT molecular complexity index is 565. The summed E-state index contributed by atoms with van der Waals surface area (Å²) < 4.78 is 13.5. The van der Waals surface area contributed by atoms with Crippen LogP contribution in [0.25, 0.3) is 0 Å². The van der Waals surface area contributed by atoms with Crippen LogP contribution in [0.2, 0.25) is 0 Å². The minimum atomic E-state index is 0.398. The second kappa shape index (κ2) is 5.99. The molecule has 4 nitrogen and oxygen atoms in total. The molecule has 106 valence electrons. The highest BCUT2D eigenvalue weighted by molar-refractivity contribution is 5.37. The molecule has 0 saturated heterocycles. The van der Waals surface area contributed by atoms with Crippen molar-refractivity contribution in [3.05, 3.63) is 42.2 Å².